The lowest BCUT2D eigenvalue weighted by Gasteiger charge is -2.17. The van der Waals surface area contributed by atoms with E-state index in [2.05, 4.69) is 0 Å². The second kappa shape index (κ2) is 8.07. The number of esters is 1. The summed E-state index contributed by atoms with van der Waals surface area (Å²) in [6.07, 6.45) is 2.14. The lowest BCUT2D eigenvalue weighted by molar-refractivity contribution is -0.149. The topological polar surface area (TPSA) is 70.4 Å². The van der Waals surface area contributed by atoms with Crippen LogP contribution in [0, 0.1) is 17.2 Å². The highest BCUT2D eigenvalue weighted by molar-refractivity contribution is 7.98. The molecule has 0 aromatic heterocycles. The second-order valence-corrected chi connectivity index (χ2v) is 6.90. The molecule has 0 bridgehead atoms. The SMILES string of the molecule is CSc1cccc(N2C[C@@H](C(=O)OCc3ccc(C#N)cc3)CC2=O)c1. The molecule has 26 heavy (non-hydrogen) atoms. The summed E-state index contributed by atoms with van der Waals surface area (Å²) < 4.78 is 5.36. The molecule has 1 amide bonds. The zero-order chi connectivity index (χ0) is 18.5. The van der Waals surface area contributed by atoms with Crippen LogP contribution in [0.1, 0.15) is 17.5 Å². The largest absolute Gasteiger partial charge is 0.461 e. The second-order valence-electron chi connectivity index (χ2n) is 6.02. The minimum absolute atomic E-state index is 0.0661. The van der Waals surface area contributed by atoms with Crippen LogP contribution in [0.5, 0.6) is 0 Å². The first-order valence-electron chi connectivity index (χ1n) is 8.21. The Bertz CT molecular complexity index is 858. The lowest BCUT2D eigenvalue weighted by Crippen LogP contribution is -2.26. The summed E-state index contributed by atoms with van der Waals surface area (Å²) in [5, 5.41) is 8.79. The van der Waals surface area contributed by atoms with E-state index in [1.54, 1.807) is 40.9 Å². The quantitative estimate of drug-likeness (QED) is 0.599. The van der Waals surface area contributed by atoms with Crippen LogP contribution < -0.4 is 4.90 Å². The van der Waals surface area contributed by atoms with E-state index >= 15 is 0 Å². The average Bonchev–Trinajstić information content (AvgIpc) is 3.08. The number of hydrogen-bond donors (Lipinski definition) is 0. The van der Waals surface area contributed by atoms with Crippen molar-refractivity contribution >= 4 is 29.3 Å². The molecule has 2 aromatic carbocycles. The number of nitrogens with zero attached hydrogens (tertiary/aromatic N) is 2. The van der Waals surface area contributed by atoms with Crippen LogP contribution in [0.4, 0.5) is 5.69 Å². The predicted octanol–water partition coefficient (Wildman–Crippen LogP) is 3.38. The molecule has 1 fully saturated rings. The highest BCUT2D eigenvalue weighted by atomic mass is 32.2. The van der Waals surface area contributed by atoms with Gasteiger partial charge >= 0.3 is 5.97 Å². The van der Waals surface area contributed by atoms with Gasteiger partial charge in [-0.05, 0) is 42.2 Å². The van der Waals surface area contributed by atoms with Crippen LogP contribution >= 0.6 is 11.8 Å². The average molecular weight is 366 g/mol. The lowest BCUT2D eigenvalue weighted by atomic mass is 10.1. The van der Waals surface area contributed by atoms with Gasteiger partial charge in [0.1, 0.15) is 6.61 Å². The molecule has 1 atom stereocenters. The van der Waals surface area contributed by atoms with Crippen molar-refractivity contribution in [2.24, 2.45) is 5.92 Å². The smallest absolute Gasteiger partial charge is 0.311 e. The number of thioether (sulfide) groups is 1. The van der Waals surface area contributed by atoms with Crippen molar-refractivity contribution in [3.63, 3.8) is 0 Å². The Balaban J connectivity index is 1.60. The molecule has 0 radical (unpaired) electrons. The number of hydrogen-bond acceptors (Lipinski definition) is 5. The first-order chi connectivity index (χ1) is 12.6. The molecular weight excluding hydrogens is 348 g/mol. The molecule has 0 saturated carbocycles. The number of nitriles is 1. The molecule has 6 heteroatoms. The van der Waals surface area contributed by atoms with E-state index in [1.165, 1.54) is 0 Å². The molecule has 2 aromatic rings. The van der Waals surface area contributed by atoms with Crippen molar-refractivity contribution in [1.29, 1.82) is 5.26 Å². The van der Waals surface area contributed by atoms with E-state index in [9.17, 15) is 9.59 Å². The molecule has 3 rings (SSSR count). The molecule has 1 saturated heterocycles. The number of rotatable bonds is 5. The van der Waals surface area contributed by atoms with Crippen molar-refractivity contribution in [3.8, 4) is 6.07 Å². The maximum absolute atomic E-state index is 12.3. The molecule has 1 aliphatic heterocycles. The molecule has 1 heterocycles. The maximum atomic E-state index is 12.3. The van der Waals surface area contributed by atoms with Gasteiger partial charge in [-0.1, -0.05) is 18.2 Å². The van der Waals surface area contributed by atoms with Gasteiger partial charge in [0, 0.05) is 23.5 Å². The maximum Gasteiger partial charge on any atom is 0.311 e. The Kier molecular flexibility index (Phi) is 5.59. The van der Waals surface area contributed by atoms with E-state index in [-0.39, 0.29) is 24.9 Å². The molecule has 0 unspecified atom stereocenters. The fraction of sp³-hybridized carbons (Fsp3) is 0.250. The zero-order valence-corrected chi connectivity index (χ0v) is 15.2. The summed E-state index contributed by atoms with van der Waals surface area (Å²) >= 11 is 1.61. The Morgan fingerprint density at radius 3 is 2.77 bits per heavy atom. The number of benzene rings is 2. The van der Waals surface area contributed by atoms with Crippen molar-refractivity contribution in [2.75, 3.05) is 17.7 Å². The van der Waals surface area contributed by atoms with Gasteiger partial charge in [-0.2, -0.15) is 5.26 Å². The van der Waals surface area contributed by atoms with Crippen molar-refractivity contribution in [1.82, 2.24) is 0 Å². The summed E-state index contributed by atoms with van der Waals surface area (Å²) in [5.41, 5.74) is 2.18. The number of carbonyl (C=O) groups is 2. The third kappa shape index (κ3) is 4.06. The fourth-order valence-electron chi connectivity index (χ4n) is 2.84. The van der Waals surface area contributed by atoms with Crippen LogP contribution in [0.25, 0.3) is 0 Å². The van der Waals surface area contributed by atoms with E-state index < -0.39 is 5.92 Å². The Hall–Kier alpha value is -2.78. The van der Waals surface area contributed by atoms with Crippen molar-refractivity contribution in [3.05, 3.63) is 59.7 Å². The van der Waals surface area contributed by atoms with Gasteiger partial charge in [-0.25, -0.2) is 0 Å². The van der Waals surface area contributed by atoms with Gasteiger partial charge < -0.3 is 9.64 Å². The van der Waals surface area contributed by atoms with Crippen LogP contribution in [0.2, 0.25) is 0 Å². The van der Waals surface area contributed by atoms with Crippen molar-refractivity contribution < 1.29 is 14.3 Å². The summed E-state index contributed by atoms with van der Waals surface area (Å²) in [6, 6.07) is 16.6. The first kappa shape index (κ1) is 18.0. The summed E-state index contributed by atoms with van der Waals surface area (Å²) in [6.45, 7) is 0.472. The monoisotopic (exact) mass is 366 g/mol. The highest BCUT2D eigenvalue weighted by Crippen LogP contribution is 2.28. The summed E-state index contributed by atoms with van der Waals surface area (Å²) in [5.74, 6) is -0.895. The normalized spacial score (nSPS) is 16.4. The van der Waals surface area contributed by atoms with E-state index in [0.717, 1.165) is 16.1 Å². The van der Waals surface area contributed by atoms with Gasteiger partial charge in [-0.3, -0.25) is 9.59 Å². The van der Waals surface area contributed by atoms with Crippen LogP contribution in [-0.2, 0) is 20.9 Å². The van der Waals surface area contributed by atoms with Gasteiger partial charge in [0.2, 0.25) is 5.91 Å². The number of carbonyl (C=O) groups excluding carboxylic acids is 2. The minimum Gasteiger partial charge on any atom is -0.461 e. The highest BCUT2D eigenvalue weighted by Gasteiger charge is 2.36. The van der Waals surface area contributed by atoms with Crippen LogP contribution in [-0.4, -0.2) is 24.7 Å². The summed E-state index contributed by atoms with van der Waals surface area (Å²) in [4.78, 5) is 27.4. The number of amides is 1. The molecule has 0 aliphatic carbocycles. The van der Waals surface area contributed by atoms with E-state index in [4.69, 9.17) is 10.00 Å². The van der Waals surface area contributed by atoms with Gasteiger partial charge in [0.15, 0.2) is 0 Å². The van der Waals surface area contributed by atoms with Gasteiger partial charge in [0.05, 0.1) is 17.6 Å². The zero-order valence-electron chi connectivity index (χ0n) is 14.3. The third-order valence-electron chi connectivity index (χ3n) is 4.29. The third-order valence-corrected chi connectivity index (χ3v) is 5.01. The first-order valence-corrected chi connectivity index (χ1v) is 9.43. The predicted molar refractivity (Wildman–Crippen MR) is 99.6 cm³/mol. The molecular formula is C20H18N2O3S. The molecule has 5 nitrogen and oxygen atoms in total. The van der Waals surface area contributed by atoms with Gasteiger partial charge in [-0.15, -0.1) is 11.8 Å². The van der Waals surface area contributed by atoms with Crippen molar-refractivity contribution in [2.45, 2.75) is 17.9 Å². The molecule has 0 spiro atoms. The standard InChI is InChI=1S/C20H18N2O3S/c1-26-18-4-2-3-17(10-18)22-12-16(9-19(22)23)20(24)25-13-15-7-5-14(11-21)6-8-15/h2-8,10,16H,9,12-13H2,1H3/t16-/m0/s1. The minimum atomic E-state index is -0.459. The van der Waals surface area contributed by atoms with Crippen LogP contribution in [0.3, 0.4) is 0 Å². The fourth-order valence-corrected chi connectivity index (χ4v) is 3.29. The van der Waals surface area contributed by atoms with E-state index in [1.807, 2.05) is 36.6 Å². The molecule has 1 aliphatic rings. The molecule has 132 valence electrons. The van der Waals surface area contributed by atoms with E-state index in [0.29, 0.717) is 12.1 Å². The number of anilines is 1. The van der Waals surface area contributed by atoms with Gasteiger partial charge in [0.25, 0.3) is 0 Å². The number of ether oxygens (including phenoxy) is 1. The Morgan fingerprint density at radius 1 is 1.31 bits per heavy atom. The summed E-state index contributed by atoms with van der Waals surface area (Å²) in [7, 11) is 0. The Labute approximate surface area is 156 Å². The molecule has 0 N–H and O–H groups in total. The Morgan fingerprint density at radius 2 is 2.08 bits per heavy atom. The van der Waals surface area contributed by atoms with Crippen LogP contribution in [0.15, 0.2) is 53.4 Å².